The minimum absolute atomic E-state index is 0.0295. The highest BCUT2D eigenvalue weighted by Crippen LogP contribution is 2.34. The molecule has 5 nitrogen and oxygen atoms in total. The fraction of sp³-hybridized carbons (Fsp3) is 0.100. The summed E-state index contributed by atoms with van der Waals surface area (Å²) in [6.45, 7) is 0. The van der Waals surface area contributed by atoms with Crippen LogP contribution in [0.25, 0.3) is 34.2 Å². The fourth-order valence-corrected chi connectivity index (χ4v) is 2.77. The molecule has 31 heavy (non-hydrogen) atoms. The second kappa shape index (κ2) is 7.49. The predicted octanol–water partition coefficient (Wildman–Crippen LogP) is 5.63. The molecule has 0 aliphatic rings. The molecule has 0 unspecified atom stereocenters. The van der Waals surface area contributed by atoms with Gasteiger partial charge in [0, 0.05) is 29.7 Å². The maximum Gasteiger partial charge on any atom is 0.433 e. The molecule has 0 amide bonds. The number of pyridine rings is 1. The van der Waals surface area contributed by atoms with Gasteiger partial charge >= 0.3 is 12.4 Å². The van der Waals surface area contributed by atoms with E-state index in [0.717, 1.165) is 24.3 Å². The Balaban J connectivity index is 1.78. The van der Waals surface area contributed by atoms with E-state index in [-0.39, 0.29) is 22.9 Å². The molecule has 1 N–H and O–H groups in total. The first-order chi connectivity index (χ1) is 14.6. The van der Waals surface area contributed by atoms with Gasteiger partial charge in [-0.25, -0.2) is 15.0 Å². The van der Waals surface area contributed by atoms with Gasteiger partial charge in [-0.05, 0) is 30.3 Å². The third-order valence-corrected chi connectivity index (χ3v) is 4.27. The lowest BCUT2D eigenvalue weighted by molar-refractivity contribution is -0.141. The Bertz CT molecular complexity index is 1200. The van der Waals surface area contributed by atoms with E-state index in [1.165, 1.54) is 12.4 Å². The number of nitrogens with zero attached hydrogens (tertiary/aromatic N) is 4. The van der Waals surface area contributed by atoms with Gasteiger partial charge in [-0.2, -0.15) is 26.3 Å². The van der Waals surface area contributed by atoms with Crippen LogP contribution < -0.4 is 0 Å². The number of nitrogens with one attached hydrogen (secondary N) is 1. The molecule has 0 atom stereocenters. The van der Waals surface area contributed by atoms with Crippen molar-refractivity contribution >= 4 is 0 Å². The van der Waals surface area contributed by atoms with E-state index in [0.29, 0.717) is 17.3 Å². The summed E-state index contributed by atoms with van der Waals surface area (Å²) in [7, 11) is 0. The van der Waals surface area contributed by atoms with Crippen molar-refractivity contribution in [3.05, 3.63) is 72.3 Å². The first-order valence-corrected chi connectivity index (χ1v) is 8.71. The fourth-order valence-electron chi connectivity index (χ4n) is 2.77. The summed E-state index contributed by atoms with van der Waals surface area (Å²) in [6, 6.07) is 7.73. The molecule has 0 spiro atoms. The van der Waals surface area contributed by atoms with Crippen LogP contribution in [-0.4, -0.2) is 24.9 Å². The number of aromatic amines is 1. The van der Waals surface area contributed by atoms with Gasteiger partial charge in [-0.1, -0.05) is 12.1 Å². The summed E-state index contributed by atoms with van der Waals surface area (Å²) in [6.07, 6.45) is -4.81. The standard InChI is InChI=1S/C20H11F6N5/c21-19(22,23)13-5-3-11(4-6-13)14-8-16(20(24,25)26)31-18(29-14)17-28-10-15(30-17)12-2-1-7-27-9-12/h1-10H,(H,28,30). The molecule has 0 aliphatic carbocycles. The Hall–Kier alpha value is -3.76. The molecule has 0 aliphatic heterocycles. The zero-order valence-corrected chi connectivity index (χ0v) is 15.3. The summed E-state index contributed by atoms with van der Waals surface area (Å²) >= 11 is 0. The molecule has 0 radical (unpaired) electrons. The van der Waals surface area contributed by atoms with E-state index in [9.17, 15) is 26.3 Å². The van der Waals surface area contributed by atoms with Gasteiger partial charge < -0.3 is 4.98 Å². The van der Waals surface area contributed by atoms with Crippen LogP contribution in [-0.2, 0) is 12.4 Å². The van der Waals surface area contributed by atoms with Crippen LogP contribution in [0.4, 0.5) is 26.3 Å². The van der Waals surface area contributed by atoms with Crippen molar-refractivity contribution in [1.29, 1.82) is 0 Å². The Labute approximate surface area is 170 Å². The van der Waals surface area contributed by atoms with Crippen LogP contribution in [0.3, 0.4) is 0 Å². The Morgan fingerprint density at radius 2 is 1.48 bits per heavy atom. The van der Waals surface area contributed by atoms with Crippen LogP contribution in [0.5, 0.6) is 0 Å². The van der Waals surface area contributed by atoms with Crippen molar-refractivity contribution in [2.75, 3.05) is 0 Å². The summed E-state index contributed by atoms with van der Waals surface area (Å²) in [5.41, 5.74) is -1.24. The van der Waals surface area contributed by atoms with E-state index >= 15 is 0 Å². The van der Waals surface area contributed by atoms with Gasteiger partial charge in [0.2, 0.25) is 0 Å². The van der Waals surface area contributed by atoms with Gasteiger partial charge in [0.1, 0.15) is 5.69 Å². The lowest BCUT2D eigenvalue weighted by Crippen LogP contribution is -2.10. The second-order valence-electron chi connectivity index (χ2n) is 6.41. The number of imidazole rings is 1. The lowest BCUT2D eigenvalue weighted by Gasteiger charge is -2.11. The number of benzene rings is 1. The number of alkyl halides is 6. The van der Waals surface area contributed by atoms with E-state index in [1.807, 2.05) is 0 Å². The Morgan fingerprint density at radius 1 is 0.742 bits per heavy atom. The highest BCUT2D eigenvalue weighted by atomic mass is 19.4. The minimum atomic E-state index is -4.79. The summed E-state index contributed by atoms with van der Waals surface area (Å²) in [4.78, 5) is 18.5. The zero-order chi connectivity index (χ0) is 22.2. The van der Waals surface area contributed by atoms with E-state index in [2.05, 4.69) is 24.9 Å². The van der Waals surface area contributed by atoms with Gasteiger partial charge in [-0.15, -0.1) is 0 Å². The van der Waals surface area contributed by atoms with Gasteiger partial charge in [0.25, 0.3) is 0 Å². The molecule has 1 aromatic carbocycles. The summed E-state index contributed by atoms with van der Waals surface area (Å²) < 4.78 is 78.5. The predicted molar refractivity (Wildman–Crippen MR) is 98.3 cm³/mol. The molecule has 0 fully saturated rings. The number of hydrogen-bond donors (Lipinski definition) is 1. The highest BCUT2D eigenvalue weighted by Gasteiger charge is 2.34. The van der Waals surface area contributed by atoms with Gasteiger partial charge in [-0.3, -0.25) is 4.98 Å². The van der Waals surface area contributed by atoms with Crippen molar-refractivity contribution in [3.8, 4) is 34.2 Å². The van der Waals surface area contributed by atoms with Crippen molar-refractivity contribution < 1.29 is 26.3 Å². The maximum absolute atomic E-state index is 13.4. The molecule has 0 saturated heterocycles. The van der Waals surface area contributed by atoms with Gasteiger partial charge in [0.05, 0.1) is 17.0 Å². The Morgan fingerprint density at radius 3 is 2.10 bits per heavy atom. The van der Waals surface area contributed by atoms with Crippen molar-refractivity contribution in [3.63, 3.8) is 0 Å². The van der Waals surface area contributed by atoms with Crippen molar-refractivity contribution in [2.24, 2.45) is 0 Å². The third kappa shape index (κ3) is 4.39. The van der Waals surface area contributed by atoms with Crippen LogP contribution >= 0.6 is 0 Å². The normalized spacial score (nSPS) is 12.2. The van der Waals surface area contributed by atoms with Crippen molar-refractivity contribution in [2.45, 2.75) is 12.4 Å². The molecule has 4 aromatic rings. The van der Waals surface area contributed by atoms with Crippen LogP contribution in [0, 0.1) is 0 Å². The SMILES string of the molecule is FC(F)(F)c1ccc(-c2cc(C(F)(F)F)nc(-c3nc(-c4cccnc4)c[nH]3)n2)cc1. The summed E-state index contributed by atoms with van der Waals surface area (Å²) in [5.74, 6) is -0.377. The van der Waals surface area contributed by atoms with Crippen LogP contribution in [0.2, 0.25) is 0 Å². The van der Waals surface area contributed by atoms with E-state index in [1.54, 1.807) is 18.3 Å². The van der Waals surface area contributed by atoms with Gasteiger partial charge in [0.15, 0.2) is 11.6 Å². The molecular formula is C20H11F6N5. The molecule has 158 valence electrons. The highest BCUT2D eigenvalue weighted by molar-refractivity contribution is 5.65. The molecule has 0 saturated carbocycles. The van der Waals surface area contributed by atoms with E-state index < -0.39 is 23.6 Å². The Kier molecular flexibility index (Phi) is 4.96. The van der Waals surface area contributed by atoms with E-state index in [4.69, 9.17) is 0 Å². The molecule has 3 aromatic heterocycles. The average Bonchev–Trinajstić information content (AvgIpc) is 3.23. The number of rotatable bonds is 3. The summed E-state index contributed by atoms with van der Waals surface area (Å²) in [5, 5.41) is 0. The molecule has 3 heterocycles. The monoisotopic (exact) mass is 435 g/mol. The molecule has 4 rings (SSSR count). The van der Waals surface area contributed by atoms with Crippen LogP contribution in [0.15, 0.2) is 61.1 Å². The first-order valence-electron chi connectivity index (χ1n) is 8.71. The lowest BCUT2D eigenvalue weighted by atomic mass is 10.1. The third-order valence-electron chi connectivity index (χ3n) is 4.27. The maximum atomic E-state index is 13.4. The van der Waals surface area contributed by atoms with Crippen molar-refractivity contribution in [1.82, 2.24) is 24.9 Å². The number of aromatic nitrogens is 5. The number of H-pyrrole nitrogens is 1. The average molecular weight is 435 g/mol. The molecule has 11 heteroatoms. The van der Waals surface area contributed by atoms with Crippen LogP contribution in [0.1, 0.15) is 11.3 Å². The largest absolute Gasteiger partial charge is 0.433 e. The molecule has 0 bridgehead atoms. The second-order valence-corrected chi connectivity index (χ2v) is 6.41. The first kappa shape index (κ1) is 20.5. The zero-order valence-electron chi connectivity index (χ0n) is 15.3. The minimum Gasteiger partial charge on any atom is -0.341 e. The number of hydrogen-bond acceptors (Lipinski definition) is 4. The topological polar surface area (TPSA) is 67.3 Å². The smallest absolute Gasteiger partial charge is 0.341 e. The number of halogens is 6. The molecular weight excluding hydrogens is 424 g/mol. The quantitative estimate of drug-likeness (QED) is 0.424.